The number of hydrogen-bond acceptors (Lipinski definition) is 3. The van der Waals surface area contributed by atoms with E-state index in [9.17, 15) is 4.79 Å². The van der Waals surface area contributed by atoms with Crippen LogP contribution in [0, 0.1) is 0 Å². The molecule has 0 saturated carbocycles. The van der Waals surface area contributed by atoms with Crippen molar-refractivity contribution in [1.82, 2.24) is 10.3 Å². The van der Waals surface area contributed by atoms with Crippen molar-refractivity contribution in [1.29, 1.82) is 0 Å². The Kier molecular flexibility index (Phi) is 7.39. The van der Waals surface area contributed by atoms with Crippen molar-refractivity contribution in [2.24, 2.45) is 0 Å². The molecule has 1 amide bonds. The number of aromatic amines is 1. The van der Waals surface area contributed by atoms with Crippen LogP contribution in [0.4, 0.5) is 0 Å². The highest BCUT2D eigenvalue weighted by atomic mass is 16.5. The number of benzene rings is 2. The molecule has 2 aromatic carbocycles. The molecule has 0 spiro atoms. The maximum absolute atomic E-state index is 12.8. The molecule has 0 saturated heterocycles. The second-order valence-electron chi connectivity index (χ2n) is 7.51. The summed E-state index contributed by atoms with van der Waals surface area (Å²) in [5.74, 6) is 1.32. The number of hydrogen-bond donors (Lipinski definition) is 2. The van der Waals surface area contributed by atoms with Crippen molar-refractivity contribution in [3.8, 4) is 11.5 Å². The summed E-state index contributed by atoms with van der Waals surface area (Å²) in [5, 5.41) is 4.22. The van der Waals surface area contributed by atoms with Gasteiger partial charge in [-0.05, 0) is 41.7 Å². The normalized spacial score (nSPS) is 12.0. The molecule has 0 aliphatic heterocycles. The Bertz CT molecular complexity index is 993. The molecule has 2 N–H and O–H groups in total. The number of methoxy groups -OCH3 is 2. The Morgan fingerprint density at radius 1 is 1.10 bits per heavy atom. The molecule has 5 nitrogen and oxygen atoms in total. The van der Waals surface area contributed by atoms with Crippen molar-refractivity contribution in [3.63, 3.8) is 0 Å². The van der Waals surface area contributed by atoms with Crippen molar-refractivity contribution in [2.75, 3.05) is 20.8 Å². The summed E-state index contributed by atoms with van der Waals surface area (Å²) in [6, 6.07) is 12.3. The van der Waals surface area contributed by atoms with Crippen molar-refractivity contribution in [3.05, 3.63) is 59.3 Å². The number of H-pyrrole nitrogens is 1. The second-order valence-corrected chi connectivity index (χ2v) is 7.51. The topological polar surface area (TPSA) is 63.4 Å². The van der Waals surface area contributed by atoms with E-state index in [0.29, 0.717) is 24.5 Å². The highest BCUT2D eigenvalue weighted by Crippen LogP contribution is 2.38. The minimum atomic E-state index is -0.0905. The van der Waals surface area contributed by atoms with Crippen molar-refractivity contribution in [2.45, 2.75) is 45.4 Å². The van der Waals surface area contributed by atoms with Gasteiger partial charge in [-0.1, -0.05) is 44.5 Å². The van der Waals surface area contributed by atoms with Crippen LogP contribution < -0.4 is 14.8 Å². The predicted octanol–water partition coefficient (Wildman–Crippen LogP) is 5.19. The molecule has 3 aromatic rings. The van der Waals surface area contributed by atoms with Crippen LogP contribution in [-0.4, -0.2) is 31.7 Å². The fourth-order valence-electron chi connectivity index (χ4n) is 3.96. The number of aryl methyl sites for hydroxylation is 1. The van der Waals surface area contributed by atoms with E-state index in [1.54, 1.807) is 14.2 Å². The van der Waals surface area contributed by atoms with Crippen LogP contribution in [0.25, 0.3) is 10.9 Å². The molecule has 160 valence electrons. The molecule has 1 heterocycles. The Balaban J connectivity index is 2.03. The minimum absolute atomic E-state index is 0.0595. The van der Waals surface area contributed by atoms with E-state index in [1.807, 2.05) is 24.4 Å². The molecule has 30 heavy (non-hydrogen) atoms. The molecule has 5 heteroatoms. The lowest BCUT2D eigenvalue weighted by molar-refractivity contribution is -0.121. The first-order valence-electron chi connectivity index (χ1n) is 10.7. The molecule has 1 aromatic heterocycles. The van der Waals surface area contributed by atoms with E-state index in [-0.39, 0.29) is 11.8 Å². The van der Waals surface area contributed by atoms with E-state index in [0.717, 1.165) is 41.3 Å². The van der Waals surface area contributed by atoms with Gasteiger partial charge in [-0.3, -0.25) is 4.79 Å². The zero-order valence-electron chi connectivity index (χ0n) is 18.4. The van der Waals surface area contributed by atoms with Crippen LogP contribution in [-0.2, 0) is 11.2 Å². The standard InChI is InChI=1S/C25H32N2O3/c1-5-7-13-26-24(28)15-20(18-11-12-22(29-3)23(14-18)30-4)21-16-27-25-17(6-2)9-8-10-19(21)25/h8-12,14,16,20,27H,5-7,13,15H2,1-4H3,(H,26,28)/t20-/m1/s1. The summed E-state index contributed by atoms with van der Waals surface area (Å²) < 4.78 is 10.9. The smallest absolute Gasteiger partial charge is 0.220 e. The number of aromatic nitrogens is 1. The van der Waals surface area contributed by atoms with Gasteiger partial charge in [0.15, 0.2) is 11.5 Å². The lowest BCUT2D eigenvalue weighted by Gasteiger charge is -2.19. The fourth-order valence-corrected chi connectivity index (χ4v) is 3.96. The van der Waals surface area contributed by atoms with Crippen LogP contribution in [0.15, 0.2) is 42.6 Å². The summed E-state index contributed by atoms with van der Waals surface area (Å²) in [6.45, 7) is 4.99. The largest absolute Gasteiger partial charge is 0.493 e. The minimum Gasteiger partial charge on any atom is -0.493 e. The number of para-hydroxylation sites is 1. The molecular weight excluding hydrogens is 376 g/mol. The third-order valence-corrected chi connectivity index (χ3v) is 5.64. The molecule has 0 bridgehead atoms. The maximum Gasteiger partial charge on any atom is 0.220 e. The van der Waals surface area contributed by atoms with Gasteiger partial charge in [0.1, 0.15) is 0 Å². The van der Waals surface area contributed by atoms with Crippen molar-refractivity contribution < 1.29 is 14.3 Å². The predicted molar refractivity (Wildman–Crippen MR) is 122 cm³/mol. The Labute approximate surface area is 178 Å². The quantitative estimate of drug-likeness (QED) is 0.454. The molecule has 0 radical (unpaired) electrons. The maximum atomic E-state index is 12.8. The van der Waals surface area contributed by atoms with Crippen molar-refractivity contribution >= 4 is 16.8 Å². The lowest BCUT2D eigenvalue weighted by Crippen LogP contribution is -2.26. The van der Waals surface area contributed by atoms with Gasteiger partial charge in [0, 0.05) is 36.0 Å². The number of fused-ring (bicyclic) bond motifs is 1. The number of carbonyl (C=O) groups excluding carboxylic acids is 1. The fraction of sp³-hybridized carbons (Fsp3) is 0.400. The Morgan fingerprint density at radius 3 is 2.60 bits per heavy atom. The average Bonchev–Trinajstić information content (AvgIpc) is 3.21. The number of rotatable bonds is 10. The van der Waals surface area contributed by atoms with E-state index in [1.165, 1.54) is 5.56 Å². The van der Waals surface area contributed by atoms with E-state index < -0.39 is 0 Å². The van der Waals surface area contributed by atoms with Gasteiger partial charge in [-0.2, -0.15) is 0 Å². The van der Waals surface area contributed by atoms with Gasteiger partial charge in [0.05, 0.1) is 14.2 Å². The zero-order valence-corrected chi connectivity index (χ0v) is 18.4. The number of carbonyl (C=O) groups is 1. The van der Waals surface area contributed by atoms with Crippen LogP contribution in [0.2, 0.25) is 0 Å². The van der Waals surface area contributed by atoms with Gasteiger partial charge in [0.25, 0.3) is 0 Å². The molecule has 0 aliphatic carbocycles. The molecule has 3 rings (SSSR count). The monoisotopic (exact) mass is 408 g/mol. The lowest BCUT2D eigenvalue weighted by atomic mass is 9.87. The first-order valence-corrected chi connectivity index (χ1v) is 10.7. The summed E-state index contributed by atoms with van der Waals surface area (Å²) in [6.07, 6.45) is 5.42. The molecule has 0 aliphatic rings. The number of unbranched alkanes of at least 4 members (excludes halogenated alkanes) is 1. The van der Waals surface area contributed by atoms with Crippen LogP contribution in [0.3, 0.4) is 0 Å². The summed E-state index contributed by atoms with van der Waals surface area (Å²) >= 11 is 0. The third kappa shape index (κ3) is 4.61. The van der Waals surface area contributed by atoms with E-state index in [4.69, 9.17) is 9.47 Å². The van der Waals surface area contributed by atoms with Gasteiger partial charge < -0.3 is 19.8 Å². The number of amides is 1. The Hall–Kier alpha value is -2.95. The van der Waals surface area contributed by atoms with Crippen LogP contribution >= 0.6 is 0 Å². The van der Waals surface area contributed by atoms with Gasteiger partial charge in [-0.25, -0.2) is 0 Å². The van der Waals surface area contributed by atoms with Crippen LogP contribution in [0.1, 0.15) is 55.7 Å². The Morgan fingerprint density at radius 2 is 1.90 bits per heavy atom. The summed E-state index contributed by atoms with van der Waals surface area (Å²) in [5.41, 5.74) is 4.57. The van der Waals surface area contributed by atoms with E-state index in [2.05, 4.69) is 42.3 Å². The molecule has 0 unspecified atom stereocenters. The molecular formula is C25H32N2O3. The first-order chi connectivity index (χ1) is 14.6. The highest BCUT2D eigenvalue weighted by Gasteiger charge is 2.23. The van der Waals surface area contributed by atoms with Gasteiger partial charge in [0.2, 0.25) is 5.91 Å². The first kappa shape index (κ1) is 21.8. The van der Waals surface area contributed by atoms with Gasteiger partial charge in [-0.15, -0.1) is 0 Å². The zero-order chi connectivity index (χ0) is 21.5. The average molecular weight is 409 g/mol. The van der Waals surface area contributed by atoms with Crippen LogP contribution in [0.5, 0.6) is 11.5 Å². The molecule has 0 fully saturated rings. The highest BCUT2D eigenvalue weighted by molar-refractivity contribution is 5.88. The van der Waals surface area contributed by atoms with Gasteiger partial charge >= 0.3 is 0 Å². The number of ether oxygens (including phenoxy) is 2. The molecule has 1 atom stereocenters. The second kappa shape index (κ2) is 10.2. The summed E-state index contributed by atoms with van der Waals surface area (Å²) in [4.78, 5) is 16.2. The summed E-state index contributed by atoms with van der Waals surface area (Å²) in [7, 11) is 3.26. The third-order valence-electron chi connectivity index (χ3n) is 5.64. The number of nitrogens with one attached hydrogen (secondary N) is 2. The SMILES string of the molecule is CCCCNC(=O)C[C@H](c1ccc(OC)c(OC)c1)c1c[nH]c2c(CC)cccc12. The van der Waals surface area contributed by atoms with E-state index >= 15 is 0 Å².